The van der Waals surface area contributed by atoms with Crippen molar-refractivity contribution in [1.82, 2.24) is 5.32 Å². The Morgan fingerprint density at radius 3 is 2.44 bits per heavy atom. The van der Waals surface area contributed by atoms with Crippen LogP contribution >= 0.6 is 11.8 Å². The first-order valence-corrected chi connectivity index (χ1v) is 9.09. The molecule has 4 nitrogen and oxygen atoms in total. The zero-order valence-electron chi connectivity index (χ0n) is 14.2. The van der Waals surface area contributed by atoms with Gasteiger partial charge in [0.05, 0.1) is 4.91 Å². The molecule has 2 N–H and O–H groups in total. The summed E-state index contributed by atoms with van der Waals surface area (Å²) in [5, 5.41) is 12.2. The van der Waals surface area contributed by atoms with E-state index in [-0.39, 0.29) is 23.5 Å². The average Bonchev–Trinajstić information content (AvgIpc) is 2.98. The van der Waals surface area contributed by atoms with E-state index in [2.05, 4.69) is 5.32 Å². The highest BCUT2D eigenvalue weighted by Gasteiger charge is 2.23. The summed E-state index contributed by atoms with van der Waals surface area (Å²) in [6, 6.07) is 17.9. The van der Waals surface area contributed by atoms with E-state index in [1.54, 1.807) is 18.2 Å². The van der Waals surface area contributed by atoms with Crippen LogP contribution in [0, 0.1) is 11.2 Å². The molecule has 4 rings (SSSR count). The fourth-order valence-electron chi connectivity index (χ4n) is 2.80. The highest BCUT2D eigenvalue weighted by Crippen LogP contribution is 2.32. The summed E-state index contributed by atoms with van der Waals surface area (Å²) in [6.07, 6.45) is 1.73. The maximum atomic E-state index is 13.1. The van der Waals surface area contributed by atoms with E-state index in [4.69, 9.17) is 10.1 Å². The van der Waals surface area contributed by atoms with Gasteiger partial charge in [-0.1, -0.05) is 36.4 Å². The lowest BCUT2D eigenvalue weighted by Crippen LogP contribution is -2.18. The average molecular weight is 378 g/mol. The van der Waals surface area contributed by atoms with Crippen molar-refractivity contribution in [3.8, 4) is 5.75 Å². The minimum absolute atomic E-state index is 0.112. The van der Waals surface area contributed by atoms with E-state index in [1.165, 1.54) is 12.1 Å². The van der Waals surface area contributed by atoms with Gasteiger partial charge in [-0.05, 0) is 58.4 Å². The van der Waals surface area contributed by atoms with Crippen LogP contribution in [0.15, 0.2) is 65.6 Å². The molecule has 0 bridgehead atoms. The molecule has 1 fully saturated rings. The zero-order chi connectivity index (χ0) is 18.8. The first-order valence-electron chi connectivity index (χ1n) is 8.28. The lowest BCUT2D eigenvalue weighted by atomic mass is 10.1. The van der Waals surface area contributed by atoms with Crippen LogP contribution in [-0.4, -0.2) is 11.1 Å². The highest BCUT2D eigenvalue weighted by atomic mass is 32.2. The smallest absolute Gasteiger partial charge is 0.264 e. The fraction of sp³-hybridized carbons (Fsp3) is 0.0476. The number of fused-ring (bicyclic) bond motifs is 1. The molecule has 0 aliphatic carbocycles. The van der Waals surface area contributed by atoms with Gasteiger partial charge in [0, 0.05) is 5.56 Å². The van der Waals surface area contributed by atoms with E-state index < -0.39 is 0 Å². The Kier molecular flexibility index (Phi) is 4.64. The molecule has 134 valence electrons. The van der Waals surface area contributed by atoms with Gasteiger partial charge in [-0.15, -0.1) is 0 Å². The standard InChI is InChI=1S/C21H15FN2O2S/c22-17-7-5-13(6-8-17)12-26-18-10-15-4-2-1-3-14(15)9-16(18)11-19-20(25)24-21(23)27-19/h1-11H,12H2,(H2,23,24,25). The summed E-state index contributed by atoms with van der Waals surface area (Å²) in [6.45, 7) is 0.282. The molecule has 0 unspecified atom stereocenters. The Morgan fingerprint density at radius 1 is 1.07 bits per heavy atom. The molecule has 0 atom stereocenters. The van der Waals surface area contributed by atoms with Crippen LogP contribution in [-0.2, 0) is 11.4 Å². The monoisotopic (exact) mass is 378 g/mol. The number of benzene rings is 3. The maximum Gasteiger partial charge on any atom is 0.264 e. The van der Waals surface area contributed by atoms with Crippen molar-refractivity contribution in [2.24, 2.45) is 0 Å². The third kappa shape index (κ3) is 3.85. The van der Waals surface area contributed by atoms with Crippen molar-refractivity contribution in [2.75, 3.05) is 0 Å². The predicted octanol–water partition coefficient (Wildman–Crippen LogP) is 4.70. The second kappa shape index (κ2) is 7.25. The molecule has 0 saturated carbocycles. The van der Waals surface area contributed by atoms with Crippen molar-refractivity contribution < 1.29 is 13.9 Å². The van der Waals surface area contributed by atoms with E-state index in [1.807, 2.05) is 36.4 Å². The molecule has 1 amide bonds. The normalized spacial score (nSPS) is 15.4. The molecule has 1 saturated heterocycles. The number of carbonyl (C=O) groups is 1. The van der Waals surface area contributed by atoms with Crippen molar-refractivity contribution in [3.05, 3.63) is 82.5 Å². The third-order valence-electron chi connectivity index (χ3n) is 4.14. The second-order valence-electron chi connectivity index (χ2n) is 6.05. The van der Waals surface area contributed by atoms with Crippen LogP contribution in [0.1, 0.15) is 11.1 Å². The topological polar surface area (TPSA) is 62.2 Å². The van der Waals surface area contributed by atoms with Gasteiger partial charge >= 0.3 is 0 Å². The number of amidine groups is 1. The Labute approximate surface area is 159 Å². The number of ether oxygens (including phenoxy) is 1. The molecule has 3 aromatic rings. The molecule has 6 heteroatoms. The van der Waals surface area contributed by atoms with E-state index in [0.29, 0.717) is 10.7 Å². The predicted molar refractivity (Wildman–Crippen MR) is 106 cm³/mol. The van der Waals surface area contributed by atoms with Crippen LogP contribution in [0.25, 0.3) is 16.8 Å². The van der Waals surface area contributed by atoms with Crippen LogP contribution in [0.5, 0.6) is 5.75 Å². The maximum absolute atomic E-state index is 13.1. The van der Waals surface area contributed by atoms with Gasteiger partial charge in [-0.2, -0.15) is 0 Å². The van der Waals surface area contributed by atoms with Gasteiger partial charge < -0.3 is 10.1 Å². The molecule has 0 radical (unpaired) electrons. The Hall–Kier alpha value is -3.12. The van der Waals surface area contributed by atoms with Gasteiger partial charge in [-0.25, -0.2) is 4.39 Å². The molecule has 3 aromatic carbocycles. The van der Waals surface area contributed by atoms with Crippen LogP contribution in [0.3, 0.4) is 0 Å². The number of halogens is 1. The SMILES string of the molecule is N=C1NC(=O)C(=Cc2cc3ccccc3cc2OCc2ccc(F)cc2)S1. The number of amides is 1. The Balaban J connectivity index is 1.70. The van der Waals surface area contributed by atoms with Crippen LogP contribution < -0.4 is 10.1 Å². The van der Waals surface area contributed by atoms with Crippen LogP contribution in [0.2, 0.25) is 0 Å². The first-order chi connectivity index (χ1) is 13.1. The number of thioether (sulfide) groups is 1. The van der Waals surface area contributed by atoms with E-state index >= 15 is 0 Å². The number of hydrogen-bond donors (Lipinski definition) is 2. The van der Waals surface area contributed by atoms with Crippen LogP contribution in [0.4, 0.5) is 4.39 Å². The molecular formula is C21H15FN2O2S. The minimum atomic E-state index is -0.290. The largest absolute Gasteiger partial charge is 0.488 e. The minimum Gasteiger partial charge on any atom is -0.488 e. The molecule has 27 heavy (non-hydrogen) atoms. The Morgan fingerprint density at radius 2 is 1.78 bits per heavy atom. The molecule has 1 aliphatic heterocycles. The summed E-state index contributed by atoms with van der Waals surface area (Å²) in [4.78, 5) is 12.4. The Bertz CT molecular complexity index is 1080. The van der Waals surface area contributed by atoms with Crippen molar-refractivity contribution >= 4 is 39.7 Å². The van der Waals surface area contributed by atoms with Gasteiger partial charge in [0.2, 0.25) is 0 Å². The summed E-state index contributed by atoms with van der Waals surface area (Å²) in [5.41, 5.74) is 1.60. The van der Waals surface area contributed by atoms with Gasteiger partial charge in [0.1, 0.15) is 18.2 Å². The molecule has 0 aromatic heterocycles. The first kappa shape index (κ1) is 17.3. The number of nitrogens with one attached hydrogen (secondary N) is 2. The number of carbonyl (C=O) groups excluding carboxylic acids is 1. The van der Waals surface area contributed by atoms with Crippen molar-refractivity contribution in [3.63, 3.8) is 0 Å². The lowest BCUT2D eigenvalue weighted by Gasteiger charge is -2.12. The van der Waals surface area contributed by atoms with Gasteiger partial charge in [-0.3, -0.25) is 10.2 Å². The molecular weight excluding hydrogens is 363 g/mol. The van der Waals surface area contributed by atoms with E-state index in [0.717, 1.165) is 33.7 Å². The second-order valence-corrected chi connectivity index (χ2v) is 7.10. The summed E-state index contributed by atoms with van der Waals surface area (Å²) in [5.74, 6) is 0.0431. The molecule has 1 heterocycles. The fourth-order valence-corrected chi connectivity index (χ4v) is 3.49. The zero-order valence-corrected chi connectivity index (χ0v) is 15.0. The molecule has 1 aliphatic rings. The summed E-state index contributed by atoms with van der Waals surface area (Å²) < 4.78 is 19.1. The van der Waals surface area contributed by atoms with E-state index in [9.17, 15) is 9.18 Å². The lowest BCUT2D eigenvalue weighted by molar-refractivity contribution is -0.115. The summed E-state index contributed by atoms with van der Waals surface area (Å²) >= 11 is 1.09. The number of rotatable bonds is 4. The quantitative estimate of drug-likeness (QED) is 0.647. The summed E-state index contributed by atoms with van der Waals surface area (Å²) in [7, 11) is 0. The highest BCUT2D eigenvalue weighted by molar-refractivity contribution is 8.18. The van der Waals surface area contributed by atoms with Gasteiger partial charge in [0.25, 0.3) is 5.91 Å². The third-order valence-corrected chi connectivity index (χ3v) is 4.96. The van der Waals surface area contributed by atoms with Gasteiger partial charge in [0.15, 0.2) is 5.17 Å². The van der Waals surface area contributed by atoms with Crippen molar-refractivity contribution in [2.45, 2.75) is 6.61 Å². The van der Waals surface area contributed by atoms with Crippen molar-refractivity contribution in [1.29, 1.82) is 5.41 Å². The number of hydrogen-bond acceptors (Lipinski definition) is 4. The molecule has 0 spiro atoms.